The molecule has 188 valence electrons. The van der Waals surface area contributed by atoms with Gasteiger partial charge in [-0.3, -0.25) is 18.9 Å². The normalized spacial score (nSPS) is 13.8. The summed E-state index contributed by atoms with van der Waals surface area (Å²) in [6.45, 7) is 3.99. The minimum atomic E-state index is -0.588. The SMILES string of the molecule is CCCc1c(Cc2ccc(-c3ccccc3-c3noc(=O)[nH]3)cc2)c(=O)n(C2CCC2)c2nc(C)nn12. The number of aryl methyl sites for hydroxylation is 2. The van der Waals surface area contributed by atoms with Gasteiger partial charge in [0, 0.05) is 23.6 Å². The van der Waals surface area contributed by atoms with Crippen LogP contribution in [0.25, 0.3) is 28.3 Å². The van der Waals surface area contributed by atoms with Gasteiger partial charge in [0.25, 0.3) is 5.56 Å². The molecule has 9 heteroatoms. The van der Waals surface area contributed by atoms with E-state index in [9.17, 15) is 9.59 Å². The number of H-pyrrole nitrogens is 1. The molecule has 3 heterocycles. The van der Waals surface area contributed by atoms with Crippen LogP contribution < -0.4 is 11.3 Å². The lowest BCUT2D eigenvalue weighted by atomic mass is 9.92. The van der Waals surface area contributed by atoms with E-state index in [-0.39, 0.29) is 11.6 Å². The molecular weight excluding hydrogens is 468 g/mol. The monoisotopic (exact) mass is 496 g/mol. The third-order valence-electron chi connectivity index (χ3n) is 7.19. The second-order valence-corrected chi connectivity index (χ2v) is 9.67. The molecule has 0 spiro atoms. The molecule has 9 nitrogen and oxygen atoms in total. The highest BCUT2D eigenvalue weighted by Gasteiger charge is 2.27. The zero-order valence-electron chi connectivity index (χ0n) is 20.9. The maximum atomic E-state index is 13.9. The molecule has 5 aromatic rings. The van der Waals surface area contributed by atoms with Crippen LogP contribution in [0.3, 0.4) is 0 Å². The van der Waals surface area contributed by atoms with E-state index >= 15 is 0 Å². The lowest BCUT2D eigenvalue weighted by Gasteiger charge is -2.29. The molecule has 37 heavy (non-hydrogen) atoms. The van der Waals surface area contributed by atoms with Crippen LogP contribution in [-0.4, -0.2) is 29.3 Å². The van der Waals surface area contributed by atoms with Gasteiger partial charge in [0.1, 0.15) is 5.82 Å². The van der Waals surface area contributed by atoms with Crippen LogP contribution in [0.5, 0.6) is 0 Å². The minimum absolute atomic E-state index is 0.0532. The molecular formula is C28H28N6O3. The molecule has 6 rings (SSSR count). The summed E-state index contributed by atoms with van der Waals surface area (Å²) >= 11 is 0. The van der Waals surface area contributed by atoms with Crippen molar-refractivity contribution in [3.05, 3.63) is 92.1 Å². The van der Waals surface area contributed by atoms with Gasteiger partial charge in [0.05, 0.1) is 5.69 Å². The molecule has 0 radical (unpaired) electrons. The van der Waals surface area contributed by atoms with Crippen LogP contribution in [0.1, 0.15) is 61.3 Å². The number of nitrogens with one attached hydrogen (secondary N) is 1. The second-order valence-electron chi connectivity index (χ2n) is 9.67. The molecule has 0 bridgehead atoms. The largest absolute Gasteiger partial charge is 0.439 e. The quantitative estimate of drug-likeness (QED) is 0.356. The van der Waals surface area contributed by atoms with Crippen molar-refractivity contribution in [2.45, 2.75) is 58.4 Å². The smallest absolute Gasteiger partial charge is 0.296 e. The number of hydrogen-bond donors (Lipinski definition) is 1. The average molecular weight is 497 g/mol. The minimum Gasteiger partial charge on any atom is -0.296 e. The maximum Gasteiger partial charge on any atom is 0.439 e. The van der Waals surface area contributed by atoms with E-state index < -0.39 is 5.76 Å². The van der Waals surface area contributed by atoms with Crippen molar-refractivity contribution in [2.75, 3.05) is 0 Å². The molecule has 0 atom stereocenters. The fourth-order valence-corrected chi connectivity index (χ4v) is 5.17. The van der Waals surface area contributed by atoms with Crippen LogP contribution in [-0.2, 0) is 12.8 Å². The van der Waals surface area contributed by atoms with Crippen molar-refractivity contribution in [3.8, 4) is 22.5 Å². The van der Waals surface area contributed by atoms with E-state index in [0.29, 0.717) is 23.8 Å². The predicted molar refractivity (Wildman–Crippen MR) is 140 cm³/mol. The predicted octanol–water partition coefficient (Wildman–Crippen LogP) is 4.48. The summed E-state index contributed by atoms with van der Waals surface area (Å²) in [6, 6.07) is 16.1. The third-order valence-corrected chi connectivity index (χ3v) is 7.19. The van der Waals surface area contributed by atoms with Crippen LogP contribution in [0, 0.1) is 6.92 Å². The van der Waals surface area contributed by atoms with Gasteiger partial charge in [-0.25, -0.2) is 9.31 Å². The van der Waals surface area contributed by atoms with E-state index in [2.05, 4.69) is 39.3 Å². The molecule has 3 aromatic heterocycles. The molecule has 0 aliphatic heterocycles. The van der Waals surface area contributed by atoms with E-state index in [1.54, 1.807) is 0 Å². The Morgan fingerprint density at radius 3 is 2.46 bits per heavy atom. The molecule has 2 aromatic carbocycles. The topological polar surface area (TPSA) is 111 Å². The fourth-order valence-electron chi connectivity index (χ4n) is 5.17. The maximum absolute atomic E-state index is 13.9. The van der Waals surface area contributed by atoms with Gasteiger partial charge < -0.3 is 0 Å². The summed E-state index contributed by atoms with van der Waals surface area (Å²) in [5.74, 6) is 1.15. The van der Waals surface area contributed by atoms with Crippen molar-refractivity contribution in [3.63, 3.8) is 0 Å². The van der Waals surface area contributed by atoms with Crippen LogP contribution in [0.4, 0.5) is 0 Å². The number of aromatic amines is 1. The summed E-state index contributed by atoms with van der Waals surface area (Å²) in [4.78, 5) is 32.6. The van der Waals surface area contributed by atoms with Gasteiger partial charge in [0.15, 0.2) is 5.82 Å². The van der Waals surface area contributed by atoms with Gasteiger partial charge >= 0.3 is 5.76 Å². The van der Waals surface area contributed by atoms with Gasteiger partial charge in [-0.2, -0.15) is 10.1 Å². The first-order valence-electron chi connectivity index (χ1n) is 12.8. The number of fused-ring (bicyclic) bond motifs is 1. The van der Waals surface area contributed by atoms with E-state index in [1.165, 1.54) is 0 Å². The van der Waals surface area contributed by atoms with Crippen molar-refractivity contribution < 1.29 is 4.52 Å². The Morgan fingerprint density at radius 2 is 1.81 bits per heavy atom. The first kappa shape index (κ1) is 23.1. The number of hydrogen-bond acceptors (Lipinski definition) is 6. The Labute approximate surface area is 212 Å². The van der Waals surface area contributed by atoms with Crippen molar-refractivity contribution in [1.29, 1.82) is 0 Å². The van der Waals surface area contributed by atoms with Gasteiger partial charge in [-0.15, -0.1) is 0 Å². The summed E-state index contributed by atoms with van der Waals surface area (Å²) in [6.07, 6.45) is 5.32. The lowest BCUT2D eigenvalue weighted by molar-refractivity contribution is 0.308. The fraction of sp³-hybridized carbons (Fsp3) is 0.321. The molecule has 1 saturated carbocycles. The van der Waals surface area contributed by atoms with Gasteiger partial charge in [-0.1, -0.05) is 67.0 Å². The van der Waals surface area contributed by atoms with Crippen molar-refractivity contribution >= 4 is 5.78 Å². The summed E-state index contributed by atoms with van der Waals surface area (Å²) in [7, 11) is 0. The zero-order chi connectivity index (χ0) is 25.5. The van der Waals surface area contributed by atoms with Crippen LogP contribution in [0.2, 0.25) is 0 Å². The van der Waals surface area contributed by atoms with E-state index in [4.69, 9.17) is 4.52 Å². The standard InChI is InChI=1S/C28H28N6O3/c1-3-7-24-23(26(35)33(20-8-6-9-20)27-29-17(2)31-34(24)27)16-18-12-14-19(15-13-18)21-10-4-5-11-22(21)25-30-28(36)37-32-25/h4-5,10-15,20H,3,6-9,16H2,1-2H3,(H,30,32,36). The summed E-state index contributed by atoms with van der Waals surface area (Å²) in [5, 5.41) is 8.53. The summed E-state index contributed by atoms with van der Waals surface area (Å²) in [5.41, 5.74) is 5.52. The van der Waals surface area contributed by atoms with E-state index in [1.807, 2.05) is 52.4 Å². The first-order chi connectivity index (χ1) is 18.0. The molecule has 1 N–H and O–H groups in total. The Kier molecular flexibility index (Phi) is 5.82. The van der Waals surface area contributed by atoms with Crippen LogP contribution in [0.15, 0.2) is 62.6 Å². The lowest BCUT2D eigenvalue weighted by Crippen LogP contribution is -2.34. The Hall–Kier alpha value is -4.27. The van der Waals surface area contributed by atoms with Crippen LogP contribution >= 0.6 is 0 Å². The first-order valence-corrected chi connectivity index (χ1v) is 12.8. The highest BCUT2D eigenvalue weighted by atomic mass is 16.5. The molecule has 1 aliphatic carbocycles. The van der Waals surface area contributed by atoms with E-state index in [0.717, 1.165) is 65.6 Å². The average Bonchev–Trinajstić information content (AvgIpc) is 3.48. The summed E-state index contributed by atoms with van der Waals surface area (Å²) < 4.78 is 8.48. The Morgan fingerprint density at radius 1 is 1.05 bits per heavy atom. The Balaban J connectivity index is 1.40. The molecule has 0 saturated heterocycles. The van der Waals surface area contributed by atoms with Gasteiger partial charge in [-0.05, 0) is 49.3 Å². The van der Waals surface area contributed by atoms with Gasteiger partial charge in [0.2, 0.25) is 5.78 Å². The number of rotatable bonds is 7. The van der Waals surface area contributed by atoms with Crippen molar-refractivity contribution in [2.24, 2.45) is 0 Å². The number of benzene rings is 2. The third kappa shape index (κ3) is 4.10. The number of aromatic nitrogens is 6. The van der Waals surface area contributed by atoms with Crippen molar-refractivity contribution in [1.82, 2.24) is 29.3 Å². The molecule has 0 unspecified atom stereocenters. The zero-order valence-corrected chi connectivity index (χ0v) is 20.9. The number of nitrogens with zero attached hydrogens (tertiary/aromatic N) is 5. The Bertz CT molecular complexity index is 1700. The molecule has 1 aliphatic rings. The molecule has 1 fully saturated rings. The highest BCUT2D eigenvalue weighted by Crippen LogP contribution is 2.33. The second kappa shape index (κ2) is 9.31. The molecule has 0 amide bonds. The highest BCUT2D eigenvalue weighted by molar-refractivity contribution is 5.80.